The lowest BCUT2D eigenvalue weighted by atomic mass is 9.99. The number of rotatable bonds is 3. The zero-order valence-corrected chi connectivity index (χ0v) is 11.9. The predicted octanol–water partition coefficient (Wildman–Crippen LogP) is 3.88. The summed E-state index contributed by atoms with van der Waals surface area (Å²) >= 11 is 2.23. The first-order chi connectivity index (χ1) is 8.61. The first-order valence-electron chi connectivity index (χ1n) is 5.49. The fourth-order valence-electron chi connectivity index (χ4n) is 1.87. The van der Waals surface area contributed by atoms with Crippen LogP contribution in [0.2, 0.25) is 0 Å². The van der Waals surface area contributed by atoms with E-state index in [1.807, 2.05) is 24.3 Å². The van der Waals surface area contributed by atoms with E-state index in [4.69, 9.17) is 0 Å². The van der Waals surface area contributed by atoms with Gasteiger partial charge in [0.15, 0.2) is 11.6 Å². The van der Waals surface area contributed by atoms with Gasteiger partial charge in [-0.15, -0.1) is 0 Å². The molecule has 0 heterocycles. The Labute approximate surface area is 118 Å². The molecule has 0 aliphatic rings. The van der Waals surface area contributed by atoms with Crippen LogP contribution in [0.1, 0.15) is 17.2 Å². The highest BCUT2D eigenvalue weighted by atomic mass is 127. The van der Waals surface area contributed by atoms with Gasteiger partial charge in [0.1, 0.15) is 0 Å². The molecule has 94 valence electrons. The van der Waals surface area contributed by atoms with Crippen molar-refractivity contribution in [2.24, 2.45) is 0 Å². The molecule has 1 atom stereocenters. The molecule has 0 amide bonds. The van der Waals surface area contributed by atoms with E-state index in [9.17, 15) is 8.78 Å². The Morgan fingerprint density at radius 2 is 1.56 bits per heavy atom. The van der Waals surface area contributed by atoms with E-state index in [2.05, 4.69) is 27.9 Å². The van der Waals surface area contributed by atoms with Crippen molar-refractivity contribution in [3.8, 4) is 0 Å². The summed E-state index contributed by atoms with van der Waals surface area (Å²) in [6.07, 6.45) is 0. The van der Waals surface area contributed by atoms with Gasteiger partial charge in [0.05, 0.1) is 6.04 Å². The number of benzene rings is 2. The van der Waals surface area contributed by atoms with Crippen molar-refractivity contribution in [2.45, 2.75) is 6.04 Å². The third-order valence-electron chi connectivity index (χ3n) is 2.77. The zero-order chi connectivity index (χ0) is 13.1. The largest absolute Gasteiger partial charge is 0.309 e. The van der Waals surface area contributed by atoms with Crippen molar-refractivity contribution < 1.29 is 8.78 Å². The quantitative estimate of drug-likeness (QED) is 0.821. The average Bonchev–Trinajstić information content (AvgIpc) is 2.37. The molecule has 2 rings (SSSR count). The fraction of sp³-hybridized carbons (Fsp3) is 0.143. The highest BCUT2D eigenvalue weighted by Crippen LogP contribution is 2.23. The van der Waals surface area contributed by atoms with Crippen molar-refractivity contribution in [3.63, 3.8) is 0 Å². The van der Waals surface area contributed by atoms with Crippen LogP contribution in [0.25, 0.3) is 0 Å². The zero-order valence-electron chi connectivity index (χ0n) is 9.75. The highest BCUT2D eigenvalue weighted by Gasteiger charge is 2.13. The molecule has 1 nitrogen and oxygen atoms in total. The van der Waals surface area contributed by atoms with E-state index < -0.39 is 11.6 Å². The summed E-state index contributed by atoms with van der Waals surface area (Å²) in [5.41, 5.74) is 1.72. The minimum absolute atomic E-state index is 0.142. The van der Waals surface area contributed by atoms with Crippen molar-refractivity contribution >= 4 is 22.6 Å². The lowest BCUT2D eigenvalue weighted by Gasteiger charge is -2.17. The summed E-state index contributed by atoms with van der Waals surface area (Å²) in [5.74, 6) is -1.64. The number of halogens is 3. The van der Waals surface area contributed by atoms with Crippen molar-refractivity contribution in [3.05, 3.63) is 68.8 Å². The van der Waals surface area contributed by atoms with Crippen LogP contribution in [0.5, 0.6) is 0 Å². The van der Waals surface area contributed by atoms with Gasteiger partial charge in [-0.05, 0) is 65.0 Å². The number of hydrogen-bond acceptors (Lipinski definition) is 1. The van der Waals surface area contributed by atoms with Gasteiger partial charge in [-0.2, -0.15) is 0 Å². The van der Waals surface area contributed by atoms with Crippen molar-refractivity contribution in [1.82, 2.24) is 5.32 Å². The maximum atomic E-state index is 13.3. The van der Waals surface area contributed by atoms with Crippen LogP contribution >= 0.6 is 22.6 Å². The standard InChI is InChI=1S/C14H12F2IN/c1-18-14(9-2-5-11(17)6-3-9)10-4-7-12(15)13(16)8-10/h2-8,14,18H,1H3. The van der Waals surface area contributed by atoms with Crippen LogP contribution in [-0.2, 0) is 0 Å². The topological polar surface area (TPSA) is 12.0 Å². The molecule has 2 aromatic rings. The lowest BCUT2D eigenvalue weighted by molar-refractivity contribution is 0.505. The molecule has 1 unspecified atom stereocenters. The Bertz CT molecular complexity index is 540. The molecule has 0 bridgehead atoms. The van der Waals surface area contributed by atoms with Gasteiger partial charge in [0.2, 0.25) is 0 Å². The van der Waals surface area contributed by atoms with Crippen LogP contribution in [0.4, 0.5) is 8.78 Å². The highest BCUT2D eigenvalue weighted by molar-refractivity contribution is 14.1. The Balaban J connectivity index is 2.38. The molecule has 0 fully saturated rings. The summed E-state index contributed by atoms with van der Waals surface area (Å²) in [5, 5.41) is 3.11. The van der Waals surface area contributed by atoms with Gasteiger partial charge >= 0.3 is 0 Å². The van der Waals surface area contributed by atoms with Gasteiger partial charge in [-0.25, -0.2) is 8.78 Å². The Hall–Kier alpha value is -1.01. The van der Waals surface area contributed by atoms with Crippen LogP contribution in [0, 0.1) is 15.2 Å². The number of hydrogen-bond donors (Lipinski definition) is 1. The van der Waals surface area contributed by atoms with Gasteiger partial charge < -0.3 is 5.32 Å². The molecule has 0 aliphatic heterocycles. The minimum Gasteiger partial charge on any atom is -0.309 e. The van der Waals surface area contributed by atoms with Crippen LogP contribution in [0.15, 0.2) is 42.5 Å². The predicted molar refractivity (Wildman–Crippen MR) is 76.4 cm³/mol. The van der Waals surface area contributed by atoms with E-state index in [0.29, 0.717) is 5.56 Å². The van der Waals surface area contributed by atoms with Gasteiger partial charge in [0, 0.05) is 3.57 Å². The summed E-state index contributed by atoms with van der Waals surface area (Å²) in [7, 11) is 1.80. The molecule has 0 spiro atoms. The second-order valence-electron chi connectivity index (χ2n) is 3.95. The maximum absolute atomic E-state index is 13.3. The molecule has 18 heavy (non-hydrogen) atoms. The smallest absolute Gasteiger partial charge is 0.159 e. The normalized spacial score (nSPS) is 12.4. The van der Waals surface area contributed by atoms with Gasteiger partial charge in [-0.3, -0.25) is 0 Å². The minimum atomic E-state index is -0.823. The molecular formula is C14H12F2IN. The molecule has 0 aromatic heterocycles. The second kappa shape index (κ2) is 5.75. The van der Waals surface area contributed by atoms with Gasteiger partial charge in [0.25, 0.3) is 0 Å². The van der Waals surface area contributed by atoms with Crippen LogP contribution in [-0.4, -0.2) is 7.05 Å². The van der Waals surface area contributed by atoms with E-state index in [1.54, 1.807) is 13.1 Å². The first-order valence-corrected chi connectivity index (χ1v) is 6.57. The molecular weight excluding hydrogens is 347 g/mol. The maximum Gasteiger partial charge on any atom is 0.159 e. The molecule has 4 heteroatoms. The molecule has 0 saturated heterocycles. The van der Waals surface area contributed by atoms with Gasteiger partial charge in [-0.1, -0.05) is 18.2 Å². The SMILES string of the molecule is CNC(c1ccc(I)cc1)c1ccc(F)c(F)c1. The van der Waals surface area contributed by atoms with Crippen LogP contribution in [0.3, 0.4) is 0 Å². The molecule has 0 radical (unpaired) electrons. The Kier molecular flexibility index (Phi) is 4.29. The lowest BCUT2D eigenvalue weighted by Crippen LogP contribution is -2.17. The number of nitrogens with one attached hydrogen (secondary N) is 1. The molecule has 2 aromatic carbocycles. The van der Waals surface area contributed by atoms with E-state index in [0.717, 1.165) is 15.2 Å². The third-order valence-corrected chi connectivity index (χ3v) is 3.49. The summed E-state index contributed by atoms with van der Waals surface area (Å²) in [6, 6.07) is 11.8. The molecule has 1 N–H and O–H groups in total. The van der Waals surface area contributed by atoms with E-state index in [-0.39, 0.29) is 6.04 Å². The average molecular weight is 359 g/mol. The summed E-state index contributed by atoms with van der Waals surface area (Å²) in [6.45, 7) is 0. The third kappa shape index (κ3) is 2.87. The van der Waals surface area contributed by atoms with Crippen LogP contribution < -0.4 is 5.32 Å². The summed E-state index contributed by atoms with van der Waals surface area (Å²) < 4.78 is 27.3. The molecule has 0 aliphatic carbocycles. The Morgan fingerprint density at radius 3 is 2.11 bits per heavy atom. The fourth-order valence-corrected chi connectivity index (χ4v) is 2.23. The second-order valence-corrected chi connectivity index (χ2v) is 5.19. The molecule has 0 saturated carbocycles. The Morgan fingerprint density at radius 1 is 0.944 bits per heavy atom. The van der Waals surface area contributed by atoms with E-state index in [1.165, 1.54) is 6.07 Å². The first kappa shape index (κ1) is 13.4. The summed E-state index contributed by atoms with van der Waals surface area (Å²) in [4.78, 5) is 0. The monoisotopic (exact) mass is 359 g/mol. The van der Waals surface area contributed by atoms with Crippen molar-refractivity contribution in [1.29, 1.82) is 0 Å². The van der Waals surface area contributed by atoms with Crippen molar-refractivity contribution in [2.75, 3.05) is 7.05 Å². The van der Waals surface area contributed by atoms with E-state index >= 15 is 0 Å².